The Kier molecular flexibility index (Phi) is 6.20. The van der Waals surface area contributed by atoms with E-state index in [1.807, 2.05) is 18.7 Å². The van der Waals surface area contributed by atoms with E-state index in [9.17, 15) is 23.3 Å². The van der Waals surface area contributed by atoms with E-state index >= 15 is 0 Å². The third kappa shape index (κ3) is 4.40. The molecule has 1 amide bonds. The van der Waals surface area contributed by atoms with Crippen LogP contribution in [0.3, 0.4) is 0 Å². The third-order valence-electron chi connectivity index (χ3n) is 5.44. The van der Waals surface area contributed by atoms with E-state index in [2.05, 4.69) is 23.3 Å². The van der Waals surface area contributed by atoms with Gasteiger partial charge in [-0.05, 0) is 19.9 Å². The van der Waals surface area contributed by atoms with Crippen LogP contribution in [-0.2, 0) is 14.8 Å². The molecule has 0 bridgehead atoms. The molecule has 0 aliphatic carbocycles. The number of carbonyl (C=O) groups excluding carboxylic acids is 1. The number of nitro benzene ring substituents is 1. The minimum Gasteiger partial charge on any atom is -0.353 e. The van der Waals surface area contributed by atoms with E-state index in [1.54, 1.807) is 0 Å². The summed E-state index contributed by atoms with van der Waals surface area (Å²) < 4.78 is 27.6. The minimum absolute atomic E-state index is 0.0552. The number of sulfonamides is 1. The van der Waals surface area contributed by atoms with Crippen LogP contribution < -0.4 is 10.6 Å². The molecule has 0 unspecified atom stereocenters. The van der Waals surface area contributed by atoms with Gasteiger partial charge in [0.1, 0.15) is 4.90 Å². The third-order valence-corrected chi connectivity index (χ3v) is 7.89. The largest absolute Gasteiger partial charge is 0.353 e. The number of hydrogen-bond acceptors (Lipinski definition) is 8. The van der Waals surface area contributed by atoms with Gasteiger partial charge in [0.25, 0.3) is 5.69 Å². The molecule has 2 N–H and O–H groups in total. The zero-order valence-electron chi connectivity index (χ0n) is 16.3. The predicted molar refractivity (Wildman–Crippen MR) is 110 cm³/mol. The second kappa shape index (κ2) is 8.19. The number of benzene rings is 1. The van der Waals surface area contributed by atoms with Crippen LogP contribution in [0, 0.1) is 10.1 Å². The lowest BCUT2D eigenvalue weighted by molar-refractivity contribution is -0.385. The van der Waals surface area contributed by atoms with Gasteiger partial charge in [-0.3, -0.25) is 19.8 Å². The molecule has 2 fully saturated rings. The lowest BCUT2D eigenvalue weighted by Crippen LogP contribution is -2.65. The maximum Gasteiger partial charge on any atom is 0.270 e. The summed E-state index contributed by atoms with van der Waals surface area (Å²) in [6.45, 7) is 6.31. The van der Waals surface area contributed by atoms with Crippen LogP contribution in [0.4, 0.5) is 5.69 Å². The maximum absolute atomic E-state index is 13.1. The second-order valence-corrected chi connectivity index (χ2v) is 10.1. The van der Waals surface area contributed by atoms with Crippen LogP contribution >= 0.6 is 12.6 Å². The fraction of sp³-hybridized carbons (Fsp3) is 0.588. The summed E-state index contributed by atoms with van der Waals surface area (Å²) >= 11 is 4.19. The molecule has 0 aromatic heterocycles. The van der Waals surface area contributed by atoms with Crippen LogP contribution in [0.2, 0.25) is 0 Å². The van der Waals surface area contributed by atoms with Crippen LogP contribution in [0.5, 0.6) is 0 Å². The smallest absolute Gasteiger partial charge is 0.270 e. The summed E-state index contributed by atoms with van der Waals surface area (Å²) in [5, 5.41) is 17.2. The average molecular weight is 444 g/mol. The molecule has 2 aliphatic heterocycles. The number of rotatable bonds is 5. The summed E-state index contributed by atoms with van der Waals surface area (Å²) in [6.07, 6.45) is 0. The van der Waals surface area contributed by atoms with Gasteiger partial charge in [-0.2, -0.15) is 4.31 Å². The van der Waals surface area contributed by atoms with Gasteiger partial charge in [0.15, 0.2) is 0 Å². The number of piperazine rings is 2. The van der Waals surface area contributed by atoms with Gasteiger partial charge >= 0.3 is 0 Å². The number of nitro groups is 1. The van der Waals surface area contributed by atoms with Gasteiger partial charge in [0.05, 0.1) is 10.5 Å². The monoisotopic (exact) mass is 443 g/mol. The van der Waals surface area contributed by atoms with Crippen molar-refractivity contribution in [1.29, 1.82) is 0 Å². The molecule has 1 aromatic carbocycles. The molecule has 0 spiro atoms. The van der Waals surface area contributed by atoms with Crippen molar-refractivity contribution in [3.05, 3.63) is 28.3 Å². The Balaban J connectivity index is 1.79. The molecule has 1 aromatic rings. The van der Waals surface area contributed by atoms with Gasteiger partial charge in [0, 0.05) is 62.3 Å². The number of hydrogen-bond donors (Lipinski definition) is 3. The molecule has 160 valence electrons. The summed E-state index contributed by atoms with van der Waals surface area (Å²) in [5.41, 5.74) is -0.978. The average Bonchev–Trinajstić information content (AvgIpc) is 2.66. The van der Waals surface area contributed by atoms with Gasteiger partial charge < -0.3 is 10.6 Å². The Bertz CT molecular complexity index is 921. The van der Waals surface area contributed by atoms with Crippen molar-refractivity contribution < 1.29 is 18.1 Å². The van der Waals surface area contributed by atoms with Gasteiger partial charge in [-0.15, -0.1) is 12.6 Å². The van der Waals surface area contributed by atoms with E-state index in [1.165, 1.54) is 16.4 Å². The van der Waals surface area contributed by atoms with E-state index in [-0.39, 0.29) is 40.5 Å². The Morgan fingerprint density at radius 2 is 2.03 bits per heavy atom. The molecule has 2 aliphatic rings. The Hall–Kier alpha value is -1.73. The first-order chi connectivity index (χ1) is 13.5. The molecule has 3 rings (SSSR count). The Morgan fingerprint density at radius 1 is 1.31 bits per heavy atom. The summed E-state index contributed by atoms with van der Waals surface area (Å²) in [7, 11) is -3.95. The SMILES string of the molecule is CC1(C)C(=O)NCCN1C[C@H]1CN(S(=O)(=O)c2cc([N+](=O)[O-])ccc2S)CCN1. The highest BCUT2D eigenvalue weighted by Crippen LogP contribution is 2.28. The highest BCUT2D eigenvalue weighted by Gasteiger charge is 2.40. The highest BCUT2D eigenvalue weighted by atomic mass is 32.2. The number of carbonyl (C=O) groups is 1. The fourth-order valence-corrected chi connectivity index (χ4v) is 5.70. The first kappa shape index (κ1) is 22.0. The van der Waals surface area contributed by atoms with Crippen LogP contribution in [0.25, 0.3) is 0 Å². The van der Waals surface area contributed by atoms with Crippen molar-refractivity contribution in [3.8, 4) is 0 Å². The zero-order chi connectivity index (χ0) is 21.4. The topological polar surface area (TPSA) is 125 Å². The molecule has 29 heavy (non-hydrogen) atoms. The first-order valence-corrected chi connectivity index (χ1v) is 11.2. The zero-order valence-corrected chi connectivity index (χ0v) is 18.0. The van der Waals surface area contributed by atoms with Crippen LogP contribution in [0.15, 0.2) is 28.0 Å². The summed E-state index contributed by atoms with van der Waals surface area (Å²) in [4.78, 5) is 24.6. The molecule has 12 heteroatoms. The summed E-state index contributed by atoms with van der Waals surface area (Å²) in [5.74, 6) is -0.0552. The molecular weight excluding hydrogens is 418 g/mol. The van der Waals surface area contributed by atoms with E-state index in [4.69, 9.17) is 0 Å². The molecule has 2 heterocycles. The molecule has 2 saturated heterocycles. The maximum atomic E-state index is 13.1. The number of amides is 1. The molecule has 0 radical (unpaired) electrons. The lowest BCUT2D eigenvalue weighted by Gasteiger charge is -2.44. The number of nitrogens with zero attached hydrogens (tertiary/aromatic N) is 3. The van der Waals surface area contributed by atoms with Crippen LogP contribution in [0.1, 0.15) is 13.8 Å². The standard InChI is InChI=1S/C17H25N5O5S2/c1-17(2)16(23)19-5-7-20(17)10-12-11-21(8-6-18-12)29(26,27)15-9-13(22(24)25)3-4-14(15)28/h3-4,9,12,18,28H,5-8,10-11H2,1-2H3,(H,19,23)/t12-/m0/s1. The normalized spacial score (nSPS) is 23.6. The van der Waals surface area contributed by atoms with Crippen LogP contribution in [-0.4, -0.2) is 79.3 Å². The quantitative estimate of drug-likeness (QED) is 0.334. The molecule has 1 atom stereocenters. The Labute approximate surface area is 175 Å². The Morgan fingerprint density at radius 3 is 2.72 bits per heavy atom. The van der Waals surface area contributed by atoms with E-state index in [0.717, 1.165) is 6.07 Å². The van der Waals surface area contributed by atoms with Crippen molar-refractivity contribution in [2.24, 2.45) is 0 Å². The van der Waals surface area contributed by atoms with Crippen molar-refractivity contribution in [3.63, 3.8) is 0 Å². The number of nitrogens with one attached hydrogen (secondary N) is 2. The van der Waals surface area contributed by atoms with Gasteiger partial charge in [0.2, 0.25) is 15.9 Å². The van der Waals surface area contributed by atoms with Crippen molar-refractivity contribution in [2.75, 3.05) is 39.3 Å². The van der Waals surface area contributed by atoms with Gasteiger partial charge in [-0.25, -0.2) is 8.42 Å². The number of thiol groups is 1. The van der Waals surface area contributed by atoms with E-state index < -0.39 is 20.5 Å². The minimum atomic E-state index is -3.95. The van der Waals surface area contributed by atoms with E-state index in [0.29, 0.717) is 26.2 Å². The lowest BCUT2D eigenvalue weighted by atomic mass is 9.98. The van der Waals surface area contributed by atoms with Crippen molar-refractivity contribution >= 4 is 34.2 Å². The fourth-order valence-electron chi connectivity index (χ4n) is 3.63. The molecule has 0 saturated carbocycles. The van der Waals surface area contributed by atoms with Crippen molar-refractivity contribution in [2.45, 2.75) is 35.2 Å². The highest BCUT2D eigenvalue weighted by molar-refractivity contribution is 7.90. The number of non-ortho nitro benzene ring substituents is 1. The molecular formula is C17H25N5O5S2. The van der Waals surface area contributed by atoms with Crippen molar-refractivity contribution in [1.82, 2.24) is 19.8 Å². The predicted octanol–water partition coefficient (Wildman–Crippen LogP) is 0.0564. The second-order valence-electron chi connectivity index (χ2n) is 7.68. The molecule has 10 nitrogen and oxygen atoms in total. The first-order valence-electron chi connectivity index (χ1n) is 9.28. The van der Waals surface area contributed by atoms with Gasteiger partial charge in [-0.1, -0.05) is 0 Å². The summed E-state index contributed by atoms with van der Waals surface area (Å²) in [6, 6.07) is 3.42.